The van der Waals surface area contributed by atoms with Crippen molar-refractivity contribution in [2.45, 2.75) is 38.6 Å². The molecule has 1 aromatic carbocycles. The molecule has 0 aliphatic carbocycles. The maximum atomic E-state index is 9.40. The van der Waals surface area contributed by atoms with Crippen LogP contribution in [0.3, 0.4) is 0 Å². The van der Waals surface area contributed by atoms with Crippen LogP contribution < -0.4 is 10.6 Å². The van der Waals surface area contributed by atoms with Gasteiger partial charge in [-0.3, -0.25) is 4.90 Å². The number of terminal acetylenes is 1. The second kappa shape index (κ2) is 12.4. The molecule has 0 saturated carbocycles. The summed E-state index contributed by atoms with van der Waals surface area (Å²) < 4.78 is 0. The average Bonchev–Trinajstić information content (AvgIpc) is 2.84. The lowest BCUT2D eigenvalue weighted by atomic mass is 9.91. The van der Waals surface area contributed by atoms with Crippen LogP contribution in [0.2, 0.25) is 0 Å². The number of nitriles is 2. The molecule has 3 rings (SSSR count). The highest BCUT2D eigenvalue weighted by Crippen LogP contribution is 2.24. The van der Waals surface area contributed by atoms with E-state index in [-0.39, 0.29) is 6.54 Å². The van der Waals surface area contributed by atoms with E-state index in [2.05, 4.69) is 68.9 Å². The Hall–Kier alpha value is -3.53. The Kier molecular flexibility index (Phi) is 8.93. The van der Waals surface area contributed by atoms with Gasteiger partial charge in [-0.15, -0.1) is 6.42 Å². The maximum absolute atomic E-state index is 9.40. The largest absolute Gasteiger partial charge is 0.369 e. The summed E-state index contributed by atoms with van der Waals surface area (Å²) in [6, 6.07) is 16.4. The van der Waals surface area contributed by atoms with Crippen molar-refractivity contribution in [3.8, 4) is 24.5 Å². The summed E-state index contributed by atoms with van der Waals surface area (Å²) in [5.41, 5.74) is 2.09. The smallest absolute Gasteiger partial charge is 0.147 e. The molecular formula is C26H30N6. The second-order valence-corrected chi connectivity index (χ2v) is 8.19. The molecule has 1 saturated heterocycles. The molecule has 2 aromatic rings. The lowest BCUT2D eigenvalue weighted by molar-refractivity contribution is 0.170. The van der Waals surface area contributed by atoms with Gasteiger partial charge in [0.15, 0.2) is 0 Å². The molecule has 0 bridgehead atoms. The van der Waals surface area contributed by atoms with Crippen molar-refractivity contribution in [3.05, 3.63) is 53.1 Å². The predicted octanol–water partition coefficient (Wildman–Crippen LogP) is 4.36. The van der Waals surface area contributed by atoms with Gasteiger partial charge in [0.25, 0.3) is 0 Å². The van der Waals surface area contributed by atoms with Crippen molar-refractivity contribution in [1.82, 2.24) is 9.88 Å². The molecular weight excluding hydrogens is 396 g/mol. The Morgan fingerprint density at radius 2 is 1.69 bits per heavy atom. The number of anilines is 2. The molecule has 6 heteroatoms. The maximum Gasteiger partial charge on any atom is 0.147 e. The second-order valence-electron chi connectivity index (χ2n) is 8.19. The molecule has 0 amide bonds. The van der Waals surface area contributed by atoms with Gasteiger partial charge >= 0.3 is 0 Å². The van der Waals surface area contributed by atoms with E-state index in [9.17, 15) is 10.5 Å². The van der Waals surface area contributed by atoms with Crippen LogP contribution in [0.5, 0.6) is 0 Å². The van der Waals surface area contributed by atoms with E-state index in [1.165, 1.54) is 37.9 Å². The summed E-state index contributed by atoms with van der Waals surface area (Å²) in [4.78, 5) is 6.97. The monoisotopic (exact) mass is 426 g/mol. The van der Waals surface area contributed by atoms with Crippen molar-refractivity contribution >= 4 is 11.6 Å². The normalized spacial score (nSPS) is 14.2. The third-order valence-corrected chi connectivity index (χ3v) is 5.91. The van der Waals surface area contributed by atoms with Crippen molar-refractivity contribution in [3.63, 3.8) is 0 Å². The average molecular weight is 427 g/mol. The molecule has 0 atom stereocenters. The number of pyridine rings is 1. The minimum atomic E-state index is 0.275. The van der Waals surface area contributed by atoms with Crippen LogP contribution in [-0.4, -0.2) is 36.1 Å². The minimum absolute atomic E-state index is 0.275. The number of hydrogen-bond donors (Lipinski definition) is 2. The van der Waals surface area contributed by atoms with E-state index in [1.54, 1.807) is 6.07 Å². The molecule has 32 heavy (non-hydrogen) atoms. The van der Waals surface area contributed by atoms with Gasteiger partial charge in [-0.2, -0.15) is 10.5 Å². The first-order valence-corrected chi connectivity index (χ1v) is 11.3. The zero-order chi connectivity index (χ0) is 22.6. The van der Waals surface area contributed by atoms with Crippen LogP contribution >= 0.6 is 0 Å². The number of nitrogens with one attached hydrogen (secondary N) is 2. The van der Waals surface area contributed by atoms with Crippen molar-refractivity contribution in [2.75, 3.05) is 36.8 Å². The summed E-state index contributed by atoms with van der Waals surface area (Å²) in [7, 11) is 0. The summed E-state index contributed by atoms with van der Waals surface area (Å²) in [5, 5.41) is 24.9. The Morgan fingerprint density at radius 3 is 2.34 bits per heavy atom. The summed E-state index contributed by atoms with van der Waals surface area (Å²) in [6.45, 7) is 4.42. The van der Waals surface area contributed by atoms with Gasteiger partial charge in [-0.05, 0) is 49.9 Å². The molecule has 1 aromatic heterocycles. The molecule has 0 spiro atoms. The fourth-order valence-corrected chi connectivity index (χ4v) is 4.13. The number of rotatable bonds is 10. The molecule has 6 nitrogen and oxygen atoms in total. The van der Waals surface area contributed by atoms with E-state index in [4.69, 9.17) is 6.42 Å². The van der Waals surface area contributed by atoms with Gasteiger partial charge in [-0.25, -0.2) is 4.98 Å². The van der Waals surface area contributed by atoms with E-state index in [0.29, 0.717) is 22.8 Å². The number of piperidine rings is 1. The van der Waals surface area contributed by atoms with E-state index >= 15 is 0 Å². The summed E-state index contributed by atoms with van der Waals surface area (Å²) >= 11 is 0. The predicted molar refractivity (Wildman–Crippen MR) is 128 cm³/mol. The van der Waals surface area contributed by atoms with Gasteiger partial charge in [-0.1, -0.05) is 49.1 Å². The van der Waals surface area contributed by atoms with Gasteiger partial charge < -0.3 is 10.6 Å². The zero-order valence-electron chi connectivity index (χ0n) is 18.5. The van der Waals surface area contributed by atoms with Crippen molar-refractivity contribution in [1.29, 1.82) is 10.5 Å². The highest BCUT2D eigenvalue weighted by Gasteiger charge is 2.19. The van der Waals surface area contributed by atoms with Crippen molar-refractivity contribution in [2.24, 2.45) is 5.92 Å². The third-order valence-electron chi connectivity index (χ3n) is 5.91. The minimum Gasteiger partial charge on any atom is -0.369 e. The molecule has 0 radical (unpaired) electrons. The first-order valence-electron chi connectivity index (χ1n) is 11.3. The standard InChI is InChI=1S/C26H30N6/c1-2-13-29-25-23(18-27)17-24(19-28)26(31-25)30-14-7-6-8-21-11-15-32(16-12-21)20-22-9-4-3-5-10-22/h1,3-5,9-10,17,21H,6-8,11-16,20H2,(H2,29,30,31). The Morgan fingerprint density at radius 1 is 1.00 bits per heavy atom. The number of benzene rings is 1. The number of aromatic nitrogens is 1. The third kappa shape index (κ3) is 6.74. The lowest BCUT2D eigenvalue weighted by Gasteiger charge is -2.32. The van der Waals surface area contributed by atoms with Gasteiger partial charge in [0.1, 0.15) is 23.8 Å². The van der Waals surface area contributed by atoms with Crippen LogP contribution in [-0.2, 0) is 6.54 Å². The van der Waals surface area contributed by atoms with E-state index in [0.717, 1.165) is 31.8 Å². The topological polar surface area (TPSA) is 87.8 Å². The van der Waals surface area contributed by atoms with Gasteiger partial charge in [0.05, 0.1) is 17.7 Å². The lowest BCUT2D eigenvalue weighted by Crippen LogP contribution is -2.33. The SMILES string of the molecule is C#CCNc1nc(NCCCCC2CCN(Cc3ccccc3)CC2)c(C#N)cc1C#N. The highest BCUT2D eigenvalue weighted by atomic mass is 15.1. The van der Waals surface area contributed by atoms with Crippen molar-refractivity contribution < 1.29 is 0 Å². The fourth-order valence-electron chi connectivity index (χ4n) is 4.13. The molecule has 2 N–H and O–H groups in total. The van der Waals surface area contributed by atoms with E-state index in [1.807, 2.05) is 0 Å². The first-order chi connectivity index (χ1) is 15.7. The summed E-state index contributed by atoms with van der Waals surface area (Å²) in [6.07, 6.45) is 11.2. The molecule has 0 unspecified atom stereocenters. The number of likely N-dealkylation sites (tertiary alicyclic amines) is 1. The number of unbranched alkanes of at least 4 members (excludes halogenated alkanes) is 1. The number of hydrogen-bond acceptors (Lipinski definition) is 6. The molecule has 1 aliphatic rings. The van der Waals surface area contributed by atoms with Crippen LogP contribution in [0.15, 0.2) is 36.4 Å². The fraction of sp³-hybridized carbons (Fsp3) is 0.423. The van der Waals surface area contributed by atoms with E-state index < -0.39 is 0 Å². The van der Waals surface area contributed by atoms with Crippen LogP contribution in [0.1, 0.15) is 48.8 Å². The highest BCUT2D eigenvalue weighted by molar-refractivity contribution is 5.64. The van der Waals surface area contributed by atoms with Gasteiger partial charge in [0, 0.05) is 13.1 Å². The van der Waals surface area contributed by atoms with Crippen LogP contribution in [0.25, 0.3) is 0 Å². The van der Waals surface area contributed by atoms with Gasteiger partial charge in [0.2, 0.25) is 0 Å². The zero-order valence-corrected chi connectivity index (χ0v) is 18.5. The molecule has 1 aliphatic heterocycles. The first kappa shape index (κ1) is 23.1. The Labute approximate surface area is 191 Å². The molecule has 164 valence electrons. The summed E-state index contributed by atoms with van der Waals surface area (Å²) in [5.74, 6) is 4.18. The quantitative estimate of drug-likeness (QED) is 0.433. The Bertz CT molecular complexity index is 988. The van der Waals surface area contributed by atoms with Crippen LogP contribution in [0, 0.1) is 40.9 Å². The number of nitrogens with zero attached hydrogens (tertiary/aromatic N) is 4. The Balaban J connectivity index is 1.39. The van der Waals surface area contributed by atoms with Crippen LogP contribution in [0.4, 0.5) is 11.6 Å². The molecule has 1 fully saturated rings. The molecule has 2 heterocycles.